The van der Waals surface area contributed by atoms with Gasteiger partial charge in [0, 0.05) is 24.7 Å². The summed E-state index contributed by atoms with van der Waals surface area (Å²) in [6, 6.07) is 13.5. The SMILES string of the molecule is CNc1cc(NCc2ccon2)nc(-c2ccccc2)n1. The Morgan fingerprint density at radius 1 is 1.05 bits per heavy atom. The van der Waals surface area contributed by atoms with Crippen LogP contribution in [0.15, 0.2) is 53.3 Å². The van der Waals surface area contributed by atoms with Crippen LogP contribution in [-0.2, 0) is 6.54 Å². The molecule has 0 bridgehead atoms. The predicted octanol–water partition coefficient (Wildman–Crippen LogP) is 2.79. The monoisotopic (exact) mass is 281 g/mol. The highest BCUT2D eigenvalue weighted by molar-refractivity contribution is 5.61. The van der Waals surface area contributed by atoms with Gasteiger partial charge in [0.25, 0.3) is 0 Å². The van der Waals surface area contributed by atoms with E-state index in [1.807, 2.05) is 49.5 Å². The molecule has 0 saturated heterocycles. The van der Waals surface area contributed by atoms with E-state index in [1.54, 1.807) is 6.26 Å². The van der Waals surface area contributed by atoms with E-state index in [9.17, 15) is 0 Å². The molecule has 0 spiro atoms. The van der Waals surface area contributed by atoms with Crippen LogP contribution < -0.4 is 10.6 Å². The zero-order valence-corrected chi connectivity index (χ0v) is 11.6. The molecule has 0 saturated carbocycles. The highest BCUT2D eigenvalue weighted by Crippen LogP contribution is 2.20. The van der Waals surface area contributed by atoms with Crippen molar-refractivity contribution in [3.05, 3.63) is 54.4 Å². The van der Waals surface area contributed by atoms with E-state index in [0.717, 1.165) is 22.9 Å². The second kappa shape index (κ2) is 6.04. The number of anilines is 2. The molecule has 0 amide bonds. The summed E-state index contributed by atoms with van der Waals surface area (Å²) in [7, 11) is 1.83. The number of aromatic nitrogens is 3. The fraction of sp³-hybridized carbons (Fsp3) is 0.133. The van der Waals surface area contributed by atoms with E-state index >= 15 is 0 Å². The Morgan fingerprint density at radius 3 is 2.57 bits per heavy atom. The van der Waals surface area contributed by atoms with Crippen LogP contribution in [0, 0.1) is 0 Å². The summed E-state index contributed by atoms with van der Waals surface area (Å²) in [4.78, 5) is 9.00. The molecule has 0 unspecified atom stereocenters. The normalized spacial score (nSPS) is 10.3. The lowest BCUT2D eigenvalue weighted by Gasteiger charge is -2.09. The minimum Gasteiger partial charge on any atom is -0.373 e. The van der Waals surface area contributed by atoms with E-state index < -0.39 is 0 Å². The largest absolute Gasteiger partial charge is 0.373 e. The Labute approximate surface area is 122 Å². The summed E-state index contributed by atoms with van der Waals surface area (Å²) in [5, 5.41) is 10.1. The van der Waals surface area contributed by atoms with Crippen molar-refractivity contribution in [2.45, 2.75) is 6.54 Å². The minimum atomic E-state index is 0.547. The first-order valence-corrected chi connectivity index (χ1v) is 6.60. The molecule has 0 fully saturated rings. The second-order valence-corrected chi connectivity index (χ2v) is 4.42. The Balaban J connectivity index is 1.86. The predicted molar refractivity (Wildman–Crippen MR) is 80.8 cm³/mol. The second-order valence-electron chi connectivity index (χ2n) is 4.42. The van der Waals surface area contributed by atoms with Crippen LogP contribution in [0.5, 0.6) is 0 Å². The first-order valence-electron chi connectivity index (χ1n) is 6.60. The van der Waals surface area contributed by atoms with Gasteiger partial charge in [-0.25, -0.2) is 9.97 Å². The third kappa shape index (κ3) is 3.17. The molecule has 0 aliphatic heterocycles. The molecule has 3 aromatic rings. The first-order chi connectivity index (χ1) is 10.3. The number of nitrogens with zero attached hydrogens (tertiary/aromatic N) is 3. The molecular formula is C15H15N5O. The van der Waals surface area contributed by atoms with Gasteiger partial charge in [-0.15, -0.1) is 0 Å². The summed E-state index contributed by atoms with van der Waals surface area (Å²) in [6.07, 6.45) is 1.55. The summed E-state index contributed by atoms with van der Waals surface area (Å²) >= 11 is 0. The van der Waals surface area contributed by atoms with Crippen molar-refractivity contribution in [2.24, 2.45) is 0 Å². The van der Waals surface area contributed by atoms with Crippen molar-refractivity contribution < 1.29 is 4.52 Å². The number of nitrogens with one attached hydrogen (secondary N) is 2. The van der Waals surface area contributed by atoms with Gasteiger partial charge in [-0.3, -0.25) is 0 Å². The van der Waals surface area contributed by atoms with Crippen LogP contribution in [0.1, 0.15) is 5.69 Å². The molecule has 2 heterocycles. The van der Waals surface area contributed by atoms with Crippen molar-refractivity contribution in [1.29, 1.82) is 0 Å². The molecular weight excluding hydrogens is 266 g/mol. The van der Waals surface area contributed by atoms with Gasteiger partial charge < -0.3 is 15.2 Å². The number of benzene rings is 1. The van der Waals surface area contributed by atoms with Gasteiger partial charge in [-0.1, -0.05) is 35.5 Å². The zero-order chi connectivity index (χ0) is 14.5. The quantitative estimate of drug-likeness (QED) is 0.749. The molecule has 0 atom stereocenters. The van der Waals surface area contributed by atoms with Crippen molar-refractivity contribution >= 4 is 11.6 Å². The number of rotatable bonds is 5. The van der Waals surface area contributed by atoms with Gasteiger partial charge in [-0.05, 0) is 0 Å². The highest BCUT2D eigenvalue weighted by Gasteiger charge is 2.06. The summed E-state index contributed by atoms with van der Waals surface area (Å²) in [6.45, 7) is 0.547. The summed E-state index contributed by atoms with van der Waals surface area (Å²) < 4.78 is 4.81. The molecule has 3 rings (SSSR count). The van der Waals surface area contributed by atoms with Crippen LogP contribution in [0.4, 0.5) is 11.6 Å². The average Bonchev–Trinajstić information content (AvgIpc) is 3.07. The Hall–Kier alpha value is -2.89. The molecule has 0 aliphatic rings. The third-order valence-corrected chi connectivity index (χ3v) is 2.96. The zero-order valence-electron chi connectivity index (χ0n) is 11.6. The van der Waals surface area contributed by atoms with Gasteiger partial charge in [0.2, 0.25) is 0 Å². The number of hydrogen-bond acceptors (Lipinski definition) is 6. The molecule has 106 valence electrons. The average molecular weight is 281 g/mol. The molecule has 21 heavy (non-hydrogen) atoms. The highest BCUT2D eigenvalue weighted by atomic mass is 16.5. The van der Waals surface area contributed by atoms with E-state index in [1.165, 1.54) is 0 Å². The lowest BCUT2D eigenvalue weighted by atomic mass is 10.2. The molecule has 2 N–H and O–H groups in total. The molecule has 0 radical (unpaired) electrons. The lowest BCUT2D eigenvalue weighted by molar-refractivity contribution is 0.412. The topological polar surface area (TPSA) is 75.9 Å². The molecule has 6 nitrogen and oxygen atoms in total. The smallest absolute Gasteiger partial charge is 0.163 e. The van der Waals surface area contributed by atoms with Crippen molar-refractivity contribution in [3.8, 4) is 11.4 Å². The maximum absolute atomic E-state index is 4.81. The van der Waals surface area contributed by atoms with Crippen molar-refractivity contribution in [1.82, 2.24) is 15.1 Å². The van der Waals surface area contributed by atoms with Gasteiger partial charge in [0.15, 0.2) is 5.82 Å². The fourth-order valence-electron chi connectivity index (χ4n) is 1.89. The summed E-state index contributed by atoms with van der Waals surface area (Å²) in [5.74, 6) is 2.16. The maximum Gasteiger partial charge on any atom is 0.163 e. The summed E-state index contributed by atoms with van der Waals surface area (Å²) in [5.41, 5.74) is 1.79. The van der Waals surface area contributed by atoms with Crippen LogP contribution in [0.25, 0.3) is 11.4 Å². The van der Waals surface area contributed by atoms with Crippen molar-refractivity contribution in [3.63, 3.8) is 0 Å². The molecule has 2 aromatic heterocycles. The van der Waals surface area contributed by atoms with Gasteiger partial charge in [0.1, 0.15) is 23.6 Å². The van der Waals surface area contributed by atoms with Gasteiger partial charge in [0.05, 0.1) is 6.54 Å². The van der Waals surface area contributed by atoms with Gasteiger partial charge >= 0.3 is 0 Å². The van der Waals surface area contributed by atoms with E-state index in [2.05, 4.69) is 25.8 Å². The van der Waals surface area contributed by atoms with E-state index in [-0.39, 0.29) is 0 Å². The van der Waals surface area contributed by atoms with Crippen LogP contribution in [0.3, 0.4) is 0 Å². The molecule has 0 aliphatic carbocycles. The minimum absolute atomic E-state index is 0.547. The van der Waals surface area contributed by atoms with Crippen LogP contribution in [0.2, 0.25) is 0 Å². The number of hydrogen-bond donors (Lipinski definition) is 2. The van der Waals surface area contributed by atoms with Crippen LogP contribution >= 0.6 is 0 Å². The first kappa shape index (κ1) is 13.1. The Bertz CT molecular complexity index is 697. The lowest BCUT2D eigenvalue weighted by Crippen LogP contribution is -2.05. The Kier molecular flexibility index (Phi) is 3.77. The van der Waals surface area contributed by atoms with E-state index in [0.29, 0.717) is 12.4 Å². The third-order valence-electron chi connectivity index (χ3n) is 2.96. The molecule has 6 heteroatoms. The van der Waals surface area contributed by atoms with Crippen LogP contribution in [-0.4, -0.2) is 22.2 Å². The van der Waals surface area contributed by atoms with Crippen molar-refractivity contribution in [2.75, 3.05) is 17.7 Å². The molecule has 1 aromatic carbocycles. The Morgan fingerprint density at radius 2 is 1.86 bits per heavy atom. The standard InChI is InChI=1S/C15H15N5O/c1-16-13-9-14(17-10-12-7-8-21-20-12)19-15(18-13)11-5-3-2-4-6-11/h2-9H,10H2,1H3,(H2,16,17,18,19). The fourth-order valence-corrected chi connectivity index (χ4v) is 1.89. The van der Waals surface area contributed by atoms with Gasteiger partial charge in [-0.2, -0.15) is 0 Å². The van der Waals surface area contributed by atoms with E-state index in [4.69, 9.17) is 4.52 Å². The maximum atomic E-state index is 4.81.